The maximum absolute atomic E-state index is 12.2. The first-order valence-electron chi connectivity index (χ1n) is 14.8. The van der Waals surface area contributed by atoms with Crippen molar-refractivity contribution in [3.05, 3.63) is 22.8 Å². The van der Waals surface area contributed by atoms with E-state index in [1.54, 1.807) is 0 Å². The monoisotopic (exact) mass is 579 g/mol. The van der Waals surface area contributed by atoms with Gasteiger partial charge < -0.3 is 0 Å². The van der Waals surface area contributed by atoms with Crippen LogP contribution < -0.4 is 16.0 Å². The molecule has 2 amide bonds. The molecule has 0 aromatic heterocycles. The number of piperazine rings is 1. The van der Waals surface area contributed by atoms with E-state index in [0.29, 0.717) is 0 Å². The number of imide groups is 1. The Morgan fingerprint density at radius 3 is 1.15 bits per heavy atom. The number of carbonyl (C=O) groups is 2. The molecule has 5 aliphatic rings. The Balaban J connectivity index is 0.000000190. The lowest BCUT2D eigenvalue weighted by molar-refractivity contribution is -0.148. The fourth-order valence-corrected chi connectivity index (χ4v) is 7.16. The topological polar surface area (TPSA) is 154 Å². The summed E-state index contributed by atoms with van der Waals surface area (Å²) in [5.41, 5.74) is -1.77. The van der Waals surface area contributed by atoms with Crippen molar-refractivity contribution in [1.82, 2.24) is 16.0 Å². The van der Waals surface area contributed by atoms with Crippen molar-refractivity contribution < 1.29 is 27.1 Å². The molecule has 5 fully saturated rings. The lowest BCUT2D eigenvalue weighted by atomic mass is 9.72. The van der Waals surface area contributed by atoms with Gasteiger partial charge in [-0.2, -0.15) is 13.7 Å². The minimum absolute atomic E-state index is 0.0802. The van der Waals surface area contributed by atoms with Crippen molar-refractivity contribution in [2.75, 3.05) is 0 Å². The molecule has 0 aromatic rings. The molecule has 1 heterocycles. The Bertz CT molecular complexity index is 995. The van der Waals surface area contributed by atoms with E-state index >= 15 is 0 Å². The zero-order valence-electron chi connectivity index (χ0n) is 23.5. The van der Waals surface area contributed by atoms with Crippen LogP contribution in [0.15, 0.2) is 0 Å². The molecule has 0 unspecified atom stereocenters. The lowest BCUT2D eigenvalue weighted by Gasteiger charge is -2.50. The zero-order valence-corrected chi connectivity index (χ0v) is 24.3. The van der Waals surface area contributed by atoms with Crippen LogP contribution >= 0.6 is 0 Å². The molecule has 40 heavy (non-hydrogen) atoms. The van der Waals surface area contributed by atoms with Crippen LogP contribution in [0.2, 0.25) is 0 Å². The van der Waals surface area contributed by atoms with Crippen LogP contribution in [0.4, 0.5) is 0 Å². The van der Waals surface area contributed by atoms with E-state index in [0.717, 1.165) is 103 Å². The molecule has 0 bridgehead atoms. The molecule has 4 saturated carbocycles. The van der Waals surface area contributed by atoms with Gasteiger partial charge in [0.1, 0.15) is 0 Å². The summed E-state index contributed by atoms with van der Waals surface area (Å²) in [5.74, 6) is -0.160. The molecule has 1 saturated heterocycles. The van der Waals surface area contributed by atoms with Crippen LogP contribution in [0.1, 0.15) is 128 Å². The molecule has 4 aliphatic carbocycles. The van der Waals surface area contributed by atoms with Crippen LogP contribution in [0.3, 0.4) is 0 Å². The molecular weight excluding hydrogens is 534 g/mol. The number of hydrogen-bond donors (Lipinski definition) is 5. The van der Waals surface area contributed by atoms with E-state index in [2.05, 4.69) is 25.6 Å². The number of nitrogens with zero attached hydrogens (tertiary/aromatic N) is 2. The number of hydrogen-bond acceptors (Lipinski definition) is 6. The Labute approximate surface area is 238 Å². The normalized spacial score (nSPS) is 26.5. The molecule has 5 rings (SSSR count). The highest BCUT2D eigenvalue weighted by atomic mass is 32.3. The van der Waals surface area contributed by atoms with Gasteiger partial charge in [-0.25, -0.2) is 13.1 Å². The molecule has 11 nitrogen and oxygen atoms in total. The quantitative estimate of drug-likeness (QED) is 0.179. The van der Waals surface area contributed by atoms with Gasteiger partial charge in [-0.05, 0) is 51.4 Å². The molecule has 0 aromatic carbocycles. The van der Waals surface area contributed by atoms with Gasteiger partial charge in [-0.1, -0.05) is 51.4 Å². The number of rotatable bonds is 2. The van der Waals surface area contributed by atoms with Crippen molar-refractivity contribution in [3.8, 4) is 0 Å². The maximum atomic E-state index is 12.2. The first-order valence-corrected chi connectivity index (χ1v) is 16.2. The largest absolute Gasteiger partial charge is 0.394 e. The first-order chi connectivity index (χ1) is 18.9. The predicted molar refractivity (Wildman–Crippen MR) is 150 cm³/mol. The van der Waals surface area contributed by atoms with Crippen molar-refractivity contribution in [2.45, 2.75) is 151 Å². The molecule has 12 heteroatoms. The van der Waals surface area contributed by atoms with E-state index in [1.165, 1.54) is 25.7 Å². The smallest absolute Gasteiger partial charge is 0.293 e. The number of nitrogens with one attached hydrogen (secondary N) is 3. The maximum Gasteiger partial charge on any atom is 0.394 e. The van der Waals surface area contributed by atoms with Gasteiger partial charge in [0, 0.05) is 25.7 Å². The summed E-state index contributed by atoms with van der Waals surface area (Å²) < 4.78 is 31.6. The second kappa shape index (κ2) is 13.7. The van der Waals surface area contributed by atoms with Crippen molar-refractivity contribution in [2.24, 2.45) is 0 Å². The standard InChI is InChI=1S/C14H21N3.C14H22N2O2.H2O4S/c1-15-13(9-5-3-6-10-13)17-14(16-2)11-7-4-8-12-14;17-11-13(7-3-1-4-8-13)16-14(12(18)15-11)9-5-2-6-10-14;1-5(2,3)4/h17H,3-12H2;16H,1-10H2,(H,15,17,18);(H2,1,2,3,4). The summed E-state index contributed by atoms with van der Waals surface area (Å²) in [5, 5.41) is 9.66. The summed E-state index contributed by atoms with van der Waals surface area (Å²) in [4.78, 5) is 32.1. The molecule has 224 valence electrons. The van der Waals surface area contributed by atoms with Crippen LogP contribution in [-0.4, -0.2) is 51.7 Å². The van der Waals surface area contributed by atoms with Gasteiger partial charge in [0.2, 0.25) is 11.8 Å². The summed E-state index contributed by atoms with van der Waals surface area (Å²) in [6, 6.07) is 0. The van der Waals surface area contributed by atoms with Crippen LogP contribution in [0, 0.1) is 13.1 Å². The summed E-state index contributed by atoms with van der Waals surface area (Å²) in [6.07, 6.45) is 21.0. The Morgan fingerprint density at radius 1 is 0.600 bits per heavy atom. The van der Waals surface area contributed by atoms with Crippen LogP contribution in [0.5, 0.6) is 0 Å². The third-order valence-corrected chi connectivity index (χ3v) is 9.24. The minimum atomic E-state index is -4.67. The van der Waals surface area contributed by atoms with Crippen molar-refractivity contribution in [1.29, 1.82) is 0 Å². The predicted octanol–water partition coefficient (Wildman–Crippen LogP) is 4.72. The second-order valence-corrected chi connectivity index (χ2v) is 13.1. The molecule has 5 N–H and O–H groups in total. The molecule has 2 spiro atoms. The third kappa shape index (κ3) is 8.46. The summed E-state index contributed by atoms with van der Waals surface area (Å²) >= 11 is 0. The highest BCUT2D eigenvalue weighted by Crippen LogP contribution is 2.39. The van der Waals surface area contributed by atoms with E-state index < -0.39 is 32.8 Å². The highest BCUT2D eigenvalue weighted by Gasteiger charge is 2.54. The second-order valence-electron chi connectivity index (χ2n) is 12.2. The summed E-state index contributed by atoms with van der Waals surface area (Å²) in [6.45, 7) is 15.0. The third-order valence-electron chi connectivity index (χ3n) is 9.24. The Morgan fingerprint density at radius 2 is 0.875 bits per heavy atom. The van der Waals surface area contributed by atoms with E-state index in [9.17, 15) is 9.59 Å². The van der Waals surface area contributed by atoms with E-state index in [4.69, 9.17) is 30.7 Å². The highest BCUT2D eigenvalue weighted by molar-refractivity contribution is 7.79. The zero-order chi connectivity index (χ0) is 29.3. The van der Waals surface area contributed by atoms with Crippen LogP contribution in [-0.2, 0) is 20.0 Å². The molecule has 0 atom stereocenters. The Kier molecular flexibility index (Phi) is 11.1. The SMILES string of the molecule is O=C1NC(=O)C2(CCCCC2)NC12CCCCC2.O=S(=O)(O)O.[C-]#[N+]C1(NC2([N+]#[C-])CCCCC2)CCCCC1. The molecule has 1 aliphatic heterocycles. The van der Waals surface area contributed by atoms with E-state index in [-0.39, 0.29) is 11.8 Å². The van der Waals surface area contributed by atoms with Crippen molar-refractivity contribution in [3.63, 3.8) is 0 Å². The molecular formula is C28H45N5O6S. The molecule has 0 radical (unpaired) electrons. The number of amides is 2. The van der Waals surface area contributed by atoms with Gasteiger partial charge in [0.25, 0.3) is 11.3 Å². The lowest BCUT2D eigenvalue weighted by Crippen LogP contribution is -2.76. The van der Waals surface area contributed by atoms with Crippen LogP contribution in [0.25, 0.3) is 9.69 Å². The average Bonchev–Trinajstić information content (AvgIpc) is 2.94. The Hall–Kier alpha value is -2.09. The van der Waals surface area contributed by atoms with Gasteiger partial charge in [-0.3, -0.25) is 39.0 Å². The minimum Gasteiger partial charge on any atom is -0.293 e. The summed E-state index contributed by atoms with van der Waals surface area (Å²) in [7, 11) is -4.67. The number of carbonyl (C=O) groups excluding carboxylic acids is 2. The van der Waals surface area contributed by atoms with Crippen molar-refractivity contribution >= 4 is 22.2 Å². The fraction of sp³-hybridized carbons (Fsp3) is 0.857. The van der Waals surface area contributed by atoms with Gasteiger partial charge >= 0.3 is 10.4 Å². The van der Waals surface area contributed by atoms with Gasteiger partial charge in [-0.15, -0.1) is 0 Å². The van der Waals surface area contributed by atoms with E-state index in [1.807, 2.05) is 0 Å². The van der Waals surface area contributed by atoms with Gasteiger partial charge in [0.15, 0.2) is 0 Å². The first kappa shape index (κ1) is 32.4. The average molecular weight is 580 g/mol. The van der Waals surface area contributed by atoms with Gasteiger partial charge in [0.05, 0.1) is 11.1 Å². The fourth-order valence-electron chi connectivity index (χ4n) is 7.16.